The summed E-state index contributed by atoms with van der Waals surface area (Å²) in [5.41, 5.74) is 4.64. The van der Waals surface area contributed by atoms with Crippen molar-refractivity contribution in [2.24, 2.45) is 40.8 Å². The molecule has 6 rings (SSSR count). The summed E-state index contributed by atoms with van der Waals surface area (Å²) >= 11 is 0. The average molecular weight is 346 g/mol. The minimum atomic E-state index is 0.754. The number of likely N-dealkylation sites (tertiary alicyclic amines) is 1. The van der Waals surface area contributed by atoms with Gasteiger partial charge in [0, 0.05) is 45.3 Å². The first-order chi connectivity index (χ1) is 12.2. The maximum atomic E-state index is 5.97. The molecule has 5 unspecified atom stereocenters. The first-order valence-electron chi connectivity index (χ1n) is 10.9. The smallest absolute Gasteiger partial charge is 0.0303 e. The van der Waals surface area contributed by atoms with Crippen molar-refractivity contribution in [1.82, 2.24) is 20.3 Å². The number of hydrazine groups is 2. The van der Waals surface area contributed by atoms with Crippen LogP contribution in [-0.4, -0.2) is 66.8 Å². The van der Waals surface area contributed by atoms with Crippen molar-refractivity contribution in [3.8, 4) is 0 Å². The molecule has 3 N–H and O–H groups in total. The van der Waals surface area contributed by atoms with E-state index in [0.717, 1.165) is 54.1 Å². The van der Waals surface area contributed by atoms with Gasteiger partial charge in [0.15, 0.2) is 0 Å². The highest BCUT2D eigenvalue weighted by Gasteiger charge is 2.57. The molecule has 6 fully saturated rings. The maximum absolute atomic E-state index is 5.97. The van der Waals surface area contributed by atoms with Crippen LogP contribution in [0.1, 0.15) is 38.5 Å². The molecule has 5 atom stereocenters. The maximum Gasteiger partial charge on any atom is 0.0303 e. The monoisotopic (exact) mass is 345 g/mol. The molecule has 1 spiro atoms. The Kier molecular flexibility index (Phi) is 3.57. The van der Waals surface area contributed by atoms with Gasteiger partial charge in [-0.05, 0) is 80.1 Å². The van der Waals surface area contributed by atoms with Crippen LogP contribution in [0.25, 0.3) is 0 Å². The van der Waals surface area contributed by atoms with Crippen LogP contribution in [0.5, 0.6) is 0 Å². The van der Waals surface area contributed by atoms with E-state index in [4.69, 9.17) is 5.84 Å². The van der Waals surface area contributed by atoms with Crippen LogP contribution in [-0.2, 0) is 0 Å². The lowest BCUT2D eigenvalue weighted by Crippen LogP contribution is -2.42. The summed E-state index contributed by atoms with van der Waals surface area (Å²) in [5, 5.41) is 4.62. The molecule has 0 radical (unpaired) electrons. The van der Waals surface area contributed by atoms with Gasteiger partial charge in [-0.15, -0.1) is 0 Å². The number of piperidine rings is 1. The highest BCUT2D eigenvalue weighted by Crippen LogP contribution is 2.53. The number of hydrogen-bond acceptors (Lipinski definition) is 5. The molecule has 3 saturated heterocycles. The molecule has 6 aliphatic rings. The Balaban J connectivity index is 0.892. The third-order valence-corrected chi connectivity index (χ3v) is 8.78. The highest BCUT2D eigenvalue weighted by molar-refractivity contribution is 5.10. The molecule has 140 valence electrons. The van der Waals surface area contributed by atoms with Gasteiger partial charge >= 0.3 is 0 Å². The first kappa shape index (κ1) is 15.8. The van der Waals surface area contributed by atoms with Crippen molar-refractivity contribution in [3.63, 3.8) is 0 Å². The lowest BCUT2D eigenvalue weighted by Gasteiger charge is -2.40. The SMILES string of the molecule is NN1CC2CC(CCCN3CC4C(C3)C4NN3CCC4(CC4)C3)C2C1. The van der Waals surface area contributed by atoms with Gasteiger partial charge in [0.1, 0.15) is 0 Å². The fourth-order valence-electron chi connectivity index (χ4n) is 6.82. The molecule has 0 aromatic carbocycles. The van der Waals surface area contributed by atoms with Crippen molar-refractivity contribution in [3.05, 3.63) is 0 Å². The molecule has 3 aliphatic heterocycles. The van der Waals surface area contributed by atoms with Gasteiger partial charge in [-0.3, -0.25) is 11.3 Å². The summed E-state index contributed by atoms with van der Waals surface area (Å²) in [5.74, 6) is 10.7. The van der Waals surface area contributed by atoms with Crippen LogP contribution < -0.4 is 11.3 Å². The van der Waals surface area contributed by atoms with Gasteiger partial charge in [-0.1, -0.05) is 0 Å². The Morgan fingerprint density at radius 2 is 1.84 bits per heavy atom. The third-order valence-electron chi connectivity index (χ3n) is 8.78. The molecule has 25 heavy (non-hydrogen) atoms. The Hall–Kier alpha value is -0.200. The Bertz CT molecular complexity index is 522. The van der Waals surface area contributed by atoms with E-state index in [1.165, 1.54) is 71.2 Å². The predicted molar refractivity (Wildman–Crippen MR) is 98.3 cm³/mol. The molecular weight excluding hydrogens is 310 g/mol. The summed E-state index contributed by atoms with van der Waals surface area (Å²) in [6, 6.07) is 0.812. The van der Waals surface area contributed by atoms with Crippen LogP contribution in [0.15, 0.2) is 0 Å². The number of nitrogens with two attached hydrogens (primary N) is 1. The van der Waals surface area contributed by atoms with E-state index in [1.54, 1.807) is 0 Å². The number of nitrogens with one attached hydrogen (secondary N) is 1. The van der Waals surface area contributed by atoms with E-state index in [0.29, 0.717) is 0 Å². The number of rotatable bonds is 6. The summed E-state index contributed by atoms with van der Waals surface area (Å²) in [6.07, 6.45) is 8.72. The zero-order valence-electron chi connectivity index (χ0n) is 15.6. The van der Waals surface area contributed by atoms with Crippen molar-refractivity contribution < 1.29 is 0 Å². The molecule has 5 nitrogen and oxygen atoms in total. The normalized spacial score (nSPS) is 47.9. The van der Waals surface area contributed by atoms with E-state index in [1.807, 2.05) is 0 Å². The second-order valence-electron chi connectivity index (χ2n) is 10.4. The predicted octanol–water partition coefficient (Wildman–Crippen LogP) is 1.13. The van der Waals surface area contributed by atoms with Gasteiger partial charge in [-0.25, -0.2) is 10.0 Å². The average Bonchev–Trinajstić information content (AvgIpc) is 3.27. The largest absolute Gasteiger partial charge is 0.303 e. The molecule has 3 heterocycles. The zero-order valence-corrected chi connectivity index (χ0v) is 15.6. The van der Waals surface area contributed by atoms with Crippen molar-refractivity contribution in [2.45, 2.75) is 44.6 Å². The molecule has 3 saturated carbocycles. The fourth-order valence-corrected chi connectivity index (χ4v) is 6.82. The van der Waals surface area contributed by atoms with Gasteiger partial charge in [-0.2, -0.15) is 0 Å². The topological polar surface area (TPSA) is 47.8 Å². The lowest BCUT2D eigenvalue weighted by molar-refractivity contribution is 0.105. The van der Waals surface area contributed by atoms with Crippen molar-refractivity contribution in [1.29, 1.82) is 0 Å². The second kappa shape index (κ2) is 5.65. The summed E-state index contributed by atoms with van der Waals surface area (Å²) < 4.78 is 0. The number of hydrogen-bond donors (Lipinski definition) is 2. The molecular formula is C20H35N5. The minimum absolute atomic E-state index is 0.754. The van der Waals surface area contributed by atoms with E-state index in [9.17, 15) is 0 Å². The number of nitrogens with zero attached hydrogens (tertiary/aromatic N) is 3. The van der Waals surface area contributed by atoms with Crippen LogP contribution >= 0.6 is 0 Å². The molecule has 0 aromatic heterocycles. The summed E-state index contributed by atoms with van der Waals surface area (Å²) in [7, 11) is 0. The lowest BCUT2D eigenvalue weighted by atomic mass is 9.65. The van der Waals surface area contributed by atoms with E-state index < -0.39 is 0 Å². The standard InChI is InChI=1S/C20H35N5/c21-24-9-15-8-14(16(15)12-24)2-1-6-23-10-17-18(11-23)19(17)22-25-7-5-20(13-25)3-4-20/h14-19,22H,1-13,21H2. The van der Waals surface area contributed by atoms with E-state index in [2.05, 4.69) is 20.3 Å². The van der Waals surface area contributed by atoms with Gasteiger partial charge in [0.05, 0.1) is 0 Å². The first-order valence-corrected chi connectivity index (χ1v) is 10.9. The quantitative estimate of drug-likeness (QED) is 0.707. The summed E-state index contributed by atoms with van der Waals surface area (Å²) in [6.45, 7) is 8.99. The molecule has 5 heteroatoms. The Morgan fingerprint density at radius 1 is 1.00 bits per heavy atom. The van der Waals surface area contributed by atoms with E-state index in [-0.39, 0.29) is 0 Å². The zero-order chi connectivity index (χ0) is 16.6. The third kappa shape index (κ3) is 2.78. The van der Waals surface area contributed by atoms with Gasteiger partial charge in [0.25, 0.3) is 0 Å². The van der Waals surface area contributed by atoms with Gasteiger partial charge in [0.2, 0.25) is 0 Å². The van der Waals surface area contributed by atoms with Crippen LogP contribution in [0.2, 0.25) is 0 Å². The fraction of sp³-hybridized carbons (Fsp3) is 1.00. The van der Waals surface area contributed by atoms with Gasteiger partial charge < -0.3 is 4.90 Å². The highest BCUT2D eigenvalue weighted by atomic mass is 15.5. The summed E-state index contributed by atoms with van der Waals surface area (Å²) in [4.78, 5) is 2.75. The van der Waals surface area contributed by atoms with Crippen molar-refractivity contribution >= 4 is 0 Å². The van der Waals surface area contributed by atoms with Crippen LogP contribution in [0.3, 0.4) is 0 Å². The van der Waals surface area contributed by atoms with Crippen molar-refractivity contribution in [2.75, 3.05) is 45.8 Å². The van der Waals surface area contributed by atoms with Crippen LogP contribution in [0, 0.1) is 35.0 Å². The molecule has 0 bridgehead atoms. The Morgan fingerprint density at radius 3 is 2.56 bits per heavy atom. The second-order valence-corrected chi connectivity index (χ2v) is 10.4. The molecule has 0 amide bonds. The van der Waals surface area contributed by atoms with Crippen LogP contribution in [0.4, 0.5) is 0 Å². The molecule has 3 aliphatic carbocycles. The Labute approximate surface area is 152 Å². The number of fused-ring (bicyclic) bond motifs is 2. The molecule has 0 aromatic rings. The minimum Gasteiger partial charge on any atom is -0.303 e. The van der Waals surface area contributed by atoms with E-state index >= 15 is 0 Å².